The standard InChI is InChI=1S/C12H20O5/c1-4-5-6-7-8-9-16-12(11(14)15-3)17-10(2)13/h5-6,12H,4,7-9H2,1-3H3/b6-5+. The third-order valence-corrected chi connectivity index (χ3v) is 1.85. The largest absolute Gasteiger partial charge is 0.464 e. The fraction of sp³-hybridized carbons (Fsp3) is 0.667. The van der Waals surface area contributed by atoms with E-state index in [-0.39, 0.29) is 0 Å². The quantitative estimate of drug-likeness (QED) is 0.282. The summed E-state index contributed by atoms with van der Waals surface area (Å²) in [4.78, 5) is 21.9. The van der Waals surface area contributed by atoms with Gasteiger partial charge in [-0.3, -0.25) is 4.79 Å². The van der Waals surface area contributed by atoms with E-state index in [1.165, 1.54) is 14.0 Å². The Kier molecular flexibility index (Phi) is 9.05. The van der Waals surface area contributed by atoms with Gasteiger partial charge in [-0.25, -0.2) is 4.79 Å². The molecule has 0 heterocycles. The molecule has 17 heavy (non-hydrogen) atoms. The lowest BCUT2D eigenvalue weighted by Gasteiger charge is -2.14. The minimum Gasteiger partial charge on any atom is -0.464 e. The first kappa shape index (κ1) is 15.6. The van der Waals surface area contributed by atoms with E-state index in [9.17, 15) is 9.59 Å². The average molecular weight is 244 g/mol. The zero-order valence-corrected chi connectivity index (χ0v) is 10.6. The van der Waals surface area contributed by atoms with Crippen molar-refractivity contribution in [3.8, 4) is 0 Å². The number of unbranched alkanes of at least 4 members (excludes halogenated alkanes) is 1. The molecule has 0 rings (SSSR count). The average Bonchev–Trinajstić information content (AvgIpc) is 2.30. The summed E-state index contributed by atoms with van der Waals surface area (Å²) in [5.41, 5.74) is 0. The van der Waals surface area contributed by atoms with E-state index < -0.39 is 18.2 Å². The van der Waals surface area contributed by atoms with Crippen molar-refractivity contribution < 1.29 is 23.8 Å². The summed E-state index contributed by atoms with van der Waals surface area (Å²) in [6.07, 6.45) is 5.46. The molecule has 0 aromatic rings. The highest BCUT2D eigenvalue weighted by Gasteiger charge is 2.22. The summed E-state index contributed by atoms with van der Waals surface area (Å²) in [5, 5.41) is 0. The number of methoxy groups -OCH3 is 1. The molecule has 0 fully saturated rings. The van der Waals surface area contributed by atoms with Crippen molar-refractivity contribution in [3.63, 3.8) is 0 Å². The van der Waals surface area contributed by atoms with Crippen LogP contribution < -0.4 is 0 Å². The Labute approximate surface area is 102 Å². The van der Waals surface area contributed by atoms with E-state index in [2.05, 4.69) is 22.5 Å². The van der Waals surface area contributed by atoms with Crippen molar-refractivity contribution in [2.75, 3.05) is 13.7 Å². The van der Waals surface area contributed by atoms with Crippen LogP contribution in [-0.4, -0.2) is 31.9 Å². The smallest absolute Gasteiger partial charge is 0.376 e. The van der Waals surface area contributed by atoms with E-state index in [1.807, 2.05) is 6.08 Å². The van der Waals surface area contributed by atoms with Gasteiger partial charge < -0.3 is 14.2 Å². The summed E-state index contributed by atoms with van der Waals surface area (Å²) in [6, 6.07) is 0. The molecule has 0 radical (unpaired) electrons. The summed E-state index contributed by atoms with van der Waals surface area (Å²) in [7, 11) is 1.21. The van der Waals surface area contributed by atoms with Crippen LogP contribution in [0.3, 0.4) is 0 Å². The first-order valence-electron chi connectivity index (χ1n) is 5.63. The van der Waals surface area contributed by atoms with E-state index >= 15 is 0 Å². The maximum absolute atomic E-state index is 11.2. The van der Waals surface area contributed by atoms with E-state index in [1.54, 1.807) is 0 Å². The zero-order valence-electron chi connectivity index (χ0n) is 10.6. The number of carbonyl (C=O) groups is 2. The Morgan fingerprint density at radius 2 is 2.00 bits per heavy atom. The third kappa shape index (κ3) is 8.45. The molecule has 0 N–H and O–H groups in total. The molecule has 5 nitrogen and oxygen atoms in total. The maximum Gasteiger partial charge on any atom is 0.376 e. The van der Waals surface area contributed by atoms with Gasteiger partial charge in [-0.2, -0.15) is 0 Å². The molecule has 0 aromatic heterocycles. The molecule has 1 unspecified atom stereocenters. The molecule has 0 aliphatic heterocycles. The highest BCUT2D eigenvalue weighted by Crippen LogP contribution is 2.02. The Morgan fingerprint density at radius 1 is 1.29 bits per heavy atom. The Morgan fingerprint density at radius 3 is 2.53 bits per heavy atom. The van der Waals surface area contributed by atoms with Gasteiger partial charge in [-0.15, -0.1) is 0 Å². The van der Waals surface area contributed by atoms with Crippen molar-refractivity contribution >= 4 is 11.9 Å². The topological polar surface area (TPSA) is 61.8 Å². The molecule has 1 atom stereocenters. The zero-order chi connectivity index (χ0) is 13.1. The molecule has 0 amide bonds. The molecule has 0 bridgehead atoms. The highest BCUT2D eigenvalue weighted by atomic mass is 16.7. The predicted molar refractivity (Wildman–Crippen MR) is 62.2 cm³/mol. The van der Waals surface area contributed by atoms with Gasteiger partial charge in [0.1, 0.15) is 0 Å². The van der Waals surface area contributed by atoms with Crippen molar-refractivity contribution in [1.82, 2.24) is 0 Å². The predicted octanol–water partition coefficient (Wildman–Crippen LogP) is 1.81. The summed E-state index contributed by atoms with van der Waals surface area (Å²) >= 11 is 0. The number of ether oxygens (including phenoxy) is 3. The fourth-order valence-corrected chi connectivity index (χ4v) is 1.07. The number of hydrogen-bond donors (Lipinski definition) is 0. The van der Waals surface area contributed by atoms with Crippen LogP contribution >= 0.6 is 0 Å². The molecular formula is C12H20O5. The second kappa shape index (κ2) is 9.84. The van der Waals surface area contributed by atoms with Gasteiger partial charge in [0, 0.05) is 6.92 Å². The number of hydrogen-bond acceptors (Lipinski definition) is 5. The first-order valence-corrected chi connectivity index (χ1v) is 5.63. The van der Waals surface area contributed by atoms with Gasteiger partial charge in [0.25, 0.3) is 0 Å². The SMILES string of the molecule is CC/C=C/CCCOC(OC(C)=O)C(=O)OC. The Balaban J connectivity index is 3.87. The second-order valence-electron chi connectivity index (χ2n) is 3.36. The van der Waals surface area contributed by atoms with Crippen LogP contribution in [0, 0.1) is 0 Å². The van der Waals surface area contributed by atoms with Gasteiger partial charge in [0.2, 0.25) is 0 Å². The van der Waals surface area contributed by atoms with Crippen molar-refractivity contribution in [2.24, 2.45) is 0 Å². The van der Waals surface area contributed by atoms with E-state index in [0.29, 0.717) is 6.61 Å². The Bertz CT molecular complexity index is 260. The van der Waals surface area contributed by atoms with E-state index in [0.717, 1.165) is 19.3 Å². The fourth-order valence-electron chi connectivity index (χ4n) is 1.07. The number of carbonyl (C=O) groups excluding carboxylic acids is 2. The lowest BCUT2D eigenvalue weighted by Crippen LogP contribution is -2.30. The third-order valence-electron chi connectivity index (χ3n) is 1.85. The van der Waals surface area contributed by atoms with Crippen molar-refractivity contribution in [2.45, 2.75) is 39.4 Å². The molecule has 0 aliphatic carbocycles. The molecule has 0 spiro atoms. The number of rotatable bonds is 8. The van der Waals surface area contributed by atoms with Crippen LogP contribution in [0.25, 0.3) is 0 Å². The molecule has 5 heteroatoms. The molecular weight excluding hydrogens is 224 g/mol. The first-order chi connectivity index (χ1) is 8.11. The Hall–Kier alpha value is -1.36. The van der Waals surface area contributed by atoms with Crippen LogP contribution in [0.2, 0.25) is 0 Å². The molecule has 0 saturated carbocycles. The number of esters is 2. The van der Waals surface area contributed by atoms with Crippen molar-refractivity contribution in [3.05, 3.63) is 12.2 Å². The van der Waals surface area contributed by atoms with Gasteiger partial charge in [0.05, 0.1) is 13.7 Å². The van der Waals surface area contributed by atoms with E-state index in [4.69, 9.17) is 4.74 Å². The minimum absolute atomic E-state index is 0.334. The van der Waals surface area contributed by atoms with Gasteiger partial charge in [-0.05, 0) is 19.3 Å². The van der Waals surface area contributed by atoms with Crippen molar-refractivity contribution in [1.29, 1.82) is 0 Å². The lowest BCUT2D eigenvalue weighted by atomic mass is 10.3. The normalized spacial score (nSPS) is 12.4. The monoisotopic (exact) mass is 244 g/mol. The van der Waals surface area contributed by atoms with Crippen LogP contribution in [0.4, 0.5) is 0 Å². The molecule has 0 saturated heterocycles. The highest BCUT2D eigenvalue weighted by molar-refractivity contribution is 5.77. The van der Waals surface area contributed by atoms with Gasteiger partial charge >= 0.3 is 18.2 Å². The molecule has 0 aromatic carbocycles. The molecule has 0 aliphatic rings. The summed E-state index contributed by atoms with van der Waals surface area (Å²) in [6.45, 7) is 3.60. The summed E-state index contributed by atoms with van der Waals surface area (Å²) < 4.78 is 14.3. The minimum atomic E-state index is -1.26. The lowest BCUT2D eigenvalue weighted by molar-refractivity contribution is -0.197. The van der Waals surface area contributed by atoms with Gasteiger partial charge in [-0.1, -0.05) is 19.1 Å². The second-order valence-corrected chi connectivity index (χ2v) is 3.36. The maximum atomic E-state index is 11.2. The van der Waals surface area contributed by atoms with Gasteiger partial charge in [0.15, 0.2) is 0 Å². The van der Waals surface area contributed by atoms with Crippen LogP contribution in [0.1, 0.15) is 33.1 Å². The summed E-state index contributed by atoms with van der Waals surface area (Å²) in [5.74, 6) is -1.28. The van der Waals surface area contributed by atoms with Crippen LogP contribution in [0.5, 0.6) is 0 Å². The molecule has 98 valence electrons. The van der Waals surface area contributed by atoms with Crippen LogP contribution in [-0.2, 0) is 23.8 Å². The van der Waals surface area contributed by atoms with Crippen LogP contribution in [0.15, 0.2) is 12.2 Å². The number of allylic oxidation sites excluding steroid dienone is 2.